The molecular formula is C38H23N3O. The van der Waals surface area contributed by atoms with Gasteiger partial charge in [0.1, 0.15) is 11.2 Å². The van der Waals surface area contributed by atoms with E-state index in [1.165, 1.54) is 10.8 Å². The van der Waals surface area contributed by atoms with E-state index < -0.39 is 0 Å². The van der Waals surface area contributed by atoms with E-state index in [0.717, 1.165) is 66.3 Å². The highest BCUT2D eigenvalue weighted by Crippen LogP contribution is 2.46. The highest BCUT2D eigenvalue weighted by atomic mass is 16.3. The zero-order valence-electron chi connectivity index (χ0n) is 22.5. The van der Waals surface area contributed by atoms with Crippen molar-refractivity contribution in [3.63, 3.8) is 0 Å². The number of fused-ring (bicyclic) bond motifs is 10. The Kier molecular flexibility index (Phi) is 4.87. The highest BCUT2D eigenvalue weighted by molar-refractivity contribution is 6.35. The van der Waals surface area contributed by atoms with Crippen molar-refractivity contribution >= 4 is 54.5 Å². The Hall–Kier alpha value is -5.74. The largest absolute Gasteiger partial charge is 0.455 e. The molecular weight excluding hydrogens is 514 g/mol. The van der Waals surface area contributed by atoms with Crippen molar-refractivity contribution < 1.29 is 4.42 Å². The molecule has 0 fully saturated rings. The smallest absolute Gasteiger partial charge is 0.159 e. The first-order valence-corrected chi connectivity index (χ1v) is 14.1. The molecule has 0 amide bonds. The number of nitrogens with zero attached hydrogens (tertiary/aromatic N) is 3. The third kappa shape index (κ3) is 3.23. The van der Waals surface area contributed by atoms with Crippen LogP contribution < -0.4 is 0 Å². The van der Waals surface area contributed by atoms with Gasteiger partial charge in [-0.2, -0.15) is 0 Å². The molecule has 0 aliphatic carbocycles. The van der Waals surface area contributed by atoms with Crippen LogP contribution in [0.25, 0.3) is 82.8 Å². The normalized spacial score (nSPS) is 11.8. The molecule has 4 nitrogen and oxygen atoms in total. The lowest BCUT2D eigenvalue weighted by Gasteiger charge is -2.15. The standard InChI is InChI=1S/C38H23N3O/c1-3-13-24(14-4-1)35-31(23-39-38(40-35)25-15-5-2-6-16-25)41-30-21-11-9-19-28(30)33-26-17-7-8-18-27(26)37-34(36(33)41)29-20-10-12-22-32(29)42-37/h1-23H. The molecule has 0 aliphatic rings. The van der Waals surface area contributed by atoms with Crippen LogP contribution in [0, 0.1) is 0 Å². The summed E-state index contributed by atoms with van der Waals surface area (Å²) in [5.74, 6) is 0.698. The Balaban J connectivity index is 1.52. The molecule has 0 spiro atoms. The molecule has 9 aromatic rings. The number of para-hydroxylation sites is 2. The molecule has 42 heavy (non-hydrogen) atoms. The maximum absolute atomic E-state index is 6.61. The van der Waals surface area contributed by atoms with Crippen LogP contribution in [0.1, 0.15) is 0 Å². The van der Waals surface area contributed by atoms with Crippen LogP contribution in [-0.2, 0) is 0 Å². The fraction of sp³-hybridized carbons (Fsp3) is 0. The van der Waals surface area contributed by atoms with Crippen LogP contribution in [0.3, 0.4) is 0 Å². The second-order valence-electron chi connectivity index (χ2n) is 10.6. The first kappa shape index (κ1) is 23.0. The fourth-order valence-corrected chi connectivity index (χ4v) is 6.44. The van der Waals surface area contributed by atoms with Gasteiger partial charge in [-0.05, 0) is 17.5 Å². The molecule has 3 aromatic heterocycles. The summed E-state index contributed by atoms with van der Waals surface area (Å²) in [5, 5.41) is 6.85. The minimum atomic E-state index is 0.698. The predicted octanol–water partition coefficient (Wildman–Crippen LogP) is 9.96. The SMILES string of the molecule is c1ccc(-c2ncc(-n3c4ccccc4c4c5ccccc5c5oc6ccccc6c5c43)c(-c3ccccc3)n2)cc1. The number of furan rings is 1. The summed E-state index contributed by atoms with van der Waals surface area (Å²) in [6.45, 7) is 0. The van der Waals surface area contributed by atoms with Gasteiger partial charge in [0.15, 0.2) is 5.82 Å². The van der Waals surface area contributed by atoms with E-state index in [2.05, 4.69) is 108 Å². The van der Waals surface area contributed by atoms with Crippen LogP contribution in [0.2, 0.25) is 0 Å². The van der Waals surface area contributed by atoms with Gasteiger partial charge in [-0.1, -0.05) is 121 Å². The lowest BCUT2D eigenvalue weighted by Crippen LogP contribution is -2.03. The lowest BCUT2D eigenvalue weighted by atomic mass is 9.99. The summed E-state index contributed by atoms with van der Waals surface area (Å²) < 4.78 is 8.95. The zero-order chi connectivity index (χ0) is 27.6. The maximum Gasteiger partial charge on any atom is 0.159 e. The minimum Gasteiger partial charge on any atom is -0.455 e. The monoisotopic (exact) mass is 537 g/mol. The van der Waals surface area contributed by atoms with Crippen LogP contribution in [-0.4, -0.2) is 14.5 Å². The summed E-state index contributed by atoms with van der Waals surface area (Å²) >= 11 is 0. The molecule has 196 valence electrons. The molecule has 0 unspecified atom stereocenters. The van der Waals surface area contributed by atoms with Crippen molar-refractivity contribution in [1.82, 2.24) is 14.5 Å². The van der Waals surface area contributed by atoms with Gasteiger partial charge in [0.25, 0.3) is 0 Å². The number of benzene rings is 6. The summed E-state index contributed by atoms with van der Waals surface area (Å²) in [7, 11) is 0. The average Bonchev–Trinajstić information content (AvgIpc) is 3.62. The van der Waals surface area contributed by atoms with Crippen molar-refractivity contribution in [2.45, 2.75) is 0 Å². The van der Waals surface area contributed by atoms with Crippen molar-refractivity contribution in [2.75, 3.05) is 0 Å². The molecule has 0 bridgehead atoms. The third-order valence-electron chi connectivity index (χ3n) is 8.24. The Labute approximate surface area is 241 Å². The number of hydrogen-bond acceptors (Lipinski definition) is 3. The molecule has 0 atom stereocenters. The number of rotatable bonds is 3. The summed E-state index contributed by atoms with van der Waals surface area (Å²) in [6.07, 6.45) is 1.98. The van der Waals surface area contributed by atoms with Gasteiger partial charge in [-0.3, -0.25) is 0 Å². The fourth-order valence-electron chi connectivity index (χ4n) is 6.44. The Morgan fingerprint density at radius 3 is 1.93 bits per heavy atom. The van der Waals surface area contributed by atoms with E-state index in [0.29, 0.717) is 5.82 Å². The average molecular weight is 538 g/mol. The molecule has 0 radical (unpaired) electrons. The van der Waals surface area contributed by atoms with Gasteiger partial charge in [-0.25, -0.2) is 9.97 Å². The Morgan fingerprint density at radius 2 is 1.14 bits per heavy atom. The zero-order valence-corrected chi connectivity index (χ0v) is 22.5. The van der Waals surface area contributed by atoms with Crippen LogP contribution in [0.15, 0.2) is 144 Å². The first-order chi connectivity index (χ1) is 20.9. The molecule has 0 saturated carbocycles. The maximum atomic E-state index is 6.61. The molecule has 4 heteroatoms. The molecule has 0 aliphatic heterocycles. The van der Waals surface area contributed by atoms with Crippen LogP contribution >= 0.6 is 0 Å². The van der Waals surface area contributed by atoms with E-state index >= 15 is 0 Å². The topological polar surface area (TPSA) is 43.9 Å². The molecule has 0 N–H and O–H groups in total. The quantitative estimate of drug-likeness (QED) is 0.225. The second-order valence-corrected chi connectivity index (χ2v) is 10.6. The number of hydrogen-bond donors (Lipinski definition) is 0. The predicted molar refractivity (Wildman–Crippen MR) is 172 cm³/mol. The highest BCUT2D eigenvalue weighted by Gasteiger charge is 2.24. The van der Waals surface area contributed by atoms with Gasteiger partial charge in [-0.15, -0.1) is 0 Å². The summed E-state index contributed by atoms with van der Waals surface area (Å²) in [5.41, 5.74) is 7.79. The third-order valence-corrected chi connectivity index (χ3v) is 8.24. The van der Waals surface area contributed by atoms with Gasteiger partial charge in [0.2, 0.25) is 0 Å². The van der Waals surface area contributed by atoms with E-state index in [1.807, 2.05) is 36.5 Å². The van der Waals surface area contributed by atoms with E-state index in [9.17, 15) is 0 Å². The van der Waals surface area contributed by atoms with Crippen molar-refractivity contribution in [3.05, 3.63) is 140 Å². The van der Waals surface area contributed by atoms with Crippen LogP contribution in [0.5, 0.6) is 0 Å². The van der Waals surface area contributed by atoms with E-state index in [4.69, 9.17) is 14.4 Å². The van der Waals surface area contributed by atoms with Gasteiger partial charge in [0, 0.05) is 32.7 Å². The Bertz CT molecular complexity index is 2460. The Morgan fingerprint density at radius 1 is 0.524 bits per heavy atom. The first-order valence-electron chi connectivity index (χ1n) is 14.1. The van der Waals surface area contributed by atoms with Crippen LogP contribution in [0.4, 0.5) is 0 Å². The lowest BCUT2D eigenvalue weighted by molar-refractivity contribution is 0.673. The van der Waals surface area contributed by atoms with E-state index in [1.54, 1.807) is 0 Å². The molecule has 3 heterocycles. The summed E-state index contributed by atoms with van der Waals surface area (Å²) in [4.78, 5) is 10.2. The molecule has 0 saturated heterocycles. The van der Waals surface area contributed by atoms with Gasteiger partial charge >= 0.3 is 0 Å². The number of aromatic nitrogens is 3. The van der Waals surface area contributed by atoms with Crippen molar-refractivity contribution in [1.29, 1.82) is 0 Å². The molecule has 9 rings (SSSR count). The minimum absolute atomic E-state index is 0.698. The van der Waals surface area contributed by atoms with Gasteiger partial charge < -0.3 is 8.98 Å². The van der Waals surface area contributed by atoms with Crippen molar-refractivity contribution in [3.8, 4) is 28.3 Å². The van der Waals surface area contributed by atoms with Gasteiger partial charge in [0.05, 0.1) is 34.0 Å². The second kappa shape index (κ2) is 8.88. The molecule has 6 aromatic carbocycles. The van der Waals surface area contributed by atoms with Crippen molar-refractivity contribution in [2.24, 2.45) is 0 Å². The summed E-state index contributed by atoms with van der Waals surface area (Å²) in [6, 6.07) is 46.1. The van der Waals surface area contributed by atoms with E-state index in [-0.39, 0.29) is 0 Å².